The summed E-state index contributed by atoms with van der Waals surface area (Å²) in [5.74, 6) is 0. The number of hydrogen-bond donors (Lipinski definition) is 1. The van der Waals surface area contributed by atoms with E-state index in [1.165, 1.54) is 23.5 Å². The number of hydrogen-bond acceptors (Lipinski definition) is 4. The molecular weight excluding hydrogens is 305 g/mol. The van der Waals surface area contributed by atoms with E-state index in [1.54, 1.807) is 19.2 Å². The number of halogens is 3. The van der Waals surface area contributed by atoms with Crippen molar-refractivity contribution in [3.63, 3.8) is 0 Å². The number of nitrogens with zero attached hydrogens (tertiary/aromatic N) is 1. The minimum atomic E-state index is -4.25. The van der Waals surface area contributed by atoms with E-state index in [0.29, 0.717) is 0 Å². The first-order valence-corrected chi connectivity index (χ1v) is 7.53. The molecule has 0 saturated heterocycles. The summed E-state index contributed by atoms with van der Waals surface area (Å²) in [5.41, 5.74) is -2.42. The van der Waals surface area contributed by atoms with Crippen LogP contribution >= 0.6 is 23.1 Å². The lowest BCUT2D eigenvalue weighted by atomic mass is 10.1. The van der Waals surface area contributed by atoms with Gasteiger partial charge in [0.25, 0.3) is 0 Å². The van der Waals surface area contributed by atoms with E-state index in [4.69, 9.17) is 0 Å². The Labute approximate surface area is 123 Å². The third-order valence-electron chi connectivity index (χ3n) is 2.62. The molecule has 0 aliphatic carbocycles. The van der Waals surface area contributed by atoms with Crippen LogP contribution < -0.4 is 5.32 Å². The third kappa shape index (κ3) is 3.97. The lowest BCUT2D eigenvalue weighted by Crippen LogP contribution is -2.17. The van der Waals surface area contributed by atoms with Crippen molar-refractivity contribution >= 4 is 23.1 Å². The highest BCUT2D eigenvalue weighted by molar-refractivity contribution is 8.00. The summed E-state index contributed by atoms with van der Waals surface area (Å²) in [7, 11) is 1.81. The first-order valence-electron chi connectivity index (χ1n) is 5.84. The van der Waals surface area contributed by atoms with E-state index in [0.717, 1.165) is 16.3 Å². The van der Waals surface area contributed by atoms with Gasteiger partial charge in [-0.1, -0.05) is 12.1 Å². The van der Waals surface area contributed by atoms with Crippen LogP contribution in [0.2, 0.25) is 0 Å². The number of thioether (sulfide) groups is 1. The van der Waals surface area contributed by atoms with E-state index < -0.39 is 5.51 Å². The topological polar surface area (TPSA) is 24.9 Å². The predicted molar refractivity (Wildman–Crippen MR) is 76.1 cm³/mol. The molecule has 20 heavy (non-hydrogen) atoms. The first-order chi connectivity index (χ1) is 9.39. The van der Waals surface area contributed by atoms with Gasteiger partial charge in [-0.25, -0.2) is 4.98 Å². The van der Waals surface area contributed by atoms with Crippen molar-refractivity contribution in [1.29, 1.82) is 0 Å². The number of alkyl halides is 3. The lowest BCUT2D eigenvalue weighted by molar-refractivity contribution is -0.0328. The summed E-state index contributed by atoms with van der Waals surface area (Å²) >= 11 is 1.43. The SMILES string of the molecule is CNC(c1ccc(SC(F)(F)F)cc1)c1nc(C)cs1. The quantitative estimate of drug-likeness (QED) is 0.847. The Kier molecular flexibility index (Phi) is 4.72. The molecule has 0 bridgehead atoms. The van der Waals surface area contributed by atoms with Gasteiger partial charge in [-0.15, -0.1) is 11.3 Å². The van der Waals surface area contributed by atoms with E-state index >= 15 is 0 Å². The van der Waals surface area contributed by atoms with Crippen LogP contribution in [0.4, 0.5) is 13.2 Å². The second-order valence-corrected chi connectivity index (χ2v) is 6.19. The van der Waals surface area contributed by atoms with Gasteiger partial charge in [0.15, 0.2) is 0 Å². The zero-order chi connectivity index (χ0) is 14.8. The Hall–Kier alpha value is -1.05. The summed E-state index contributed by atoms with van der Waals surface area (Å²) < 4.78 is 36.8. The number of aryl methyl sites for hydroxylation is 1. The number of benzene rings is 1. The molecule has 0 aliphatic rings. The Morgan fingerprint density at radius 3 is 2.35 bits per heavy atom. The minimum Gasteiger partial charge on any atom is -0.307 e. The number of rotatable bonds is 4. The van der Waals surface area contributed by atoms with Gasteiger partial charge in [0.05, 0.1) is 6.04 Å². The molecule has 1 aromatic heterocycles. The van der Waals surface area contributed by atoms with Gasteiger partial charge in [-0.05, 0) is 43.4 Å². The molecule has 108 valence electrons. The summed E-state index contributed by atoms with van der Waals surface area (Å²) in [4.78, 5) is 4.60. The van der Waals surface area contributed by atoms with E-state index in [1.807, 2.05) is 12.3 Å². The van der Waals surface area contributed by atoms with Crippen LogP contribution in [0.15, 0.2) is 34.5 Å². The van der Waals surface area contributed by atoms with Crippen molar-refractivity contribution in [3.05, 3.63) is 45.9 Å². The molecular formula is C13H13F3N2S2. The van der Waals surface area contributed by atoms with E-state index in [-0.39, 0.29) is 22.7 Å². The van der Waals surface area contributed by atoms with Gasteiger partial charge in [0.1, 0.15) is 5.01 Å². The van der Waals surface area contributed by atoms with E-state index in [9.17, 15) is 13.2 Å². The molecule has 1 heterocycles. The first kappa shape index (κ1) is 15.3. The second kappa shape index (κ2) is 6.15. The summed E-state index contributed by atoms with van der Waals surface area (Å²) in [6.45, 7) is 1.91. The summed E-state index contributed by atoms with van der Waals surface area (Å²) in [5, 5.41) is 5.99. The van der Waals surface area contributed by atoms with Crippen LogP contribution in [0.1, 0.15) is 22.3 Å². The van der Waals surface area contributed by atoms with Crippen molar-refractivity contribution in [2.24, 2.45) is 0 Å². The summed E-state index contributed by atoms with van der Waals surface area (Å²) in [6.07, 6.45) is 0. The zero-order valence-corrected chi connectivity index (χ0v) is 12.5. The predicted octanol–water partition coefficient (Wildman–Crippen LogP) is 4.37. The standard InChI is InChI=1S/C13H13F3N2S2/c1-8-7-19-12(18-8)11(17-2)9-3-5-10(6-4-9)20-13(14,15)16/h3-7,11,17H,1-2H3. The van der Waals surface area contributed by atoms with Crippen LogP contribution in [0, 0.1) is 6.92 Å². The maximum atomic E-state index is 12.3. The molecule has 2 nitrogen and oxygen atoms in total. The molecule has 0 amide bonds. The Bertz CT molecular complexity index is 564. The smallest absolute Gasteiger partial charge is 0.307 e. The van der Waals surface area contributed by atoms with Gasteiger partial charge in [0, 0.05) is 16.0 Å². The van der Waals surface area contributed by atoms with Crippen LogP contribution in [-0.4, -0.2) is 17.5 Å². The van der Waals surface area contributed by atoms with Crippen molar-refractivity contribution in [2.45, 2.75) is 23.4 Å². The zero-order valence-electron chi connectivity index (χ0n) is 10.9. The Balaban J connectivity index is 2.19. The van der Waals surface area contributed by atoms with Gasteiger partial charge >= 0.3 is 5.51 Å². The fraction of sp³-hybridized carbons (Fsp3) is 0.308. The van der Waals surface area contributed by atoms with Crippen LogP contribution in [0.5, 0.6) is 0 Å². The fourth-order valence-corrected chi connectivity index (χ4v) is 3.27. The van der Waals surface area contributed by atoms with Crippen molar-refractivity contribution in [1.82, 2.24) is 10.3 Å². The number of nitrogens with one attached hydrogen (secondary N) is 1. The largest absolute Gasteiger partial charge is 0.446 e. The van der Waals surface area contributed by atoms with Crippen LogP contribution in [0.3, 0.4) is 0 Å². The molecule has 1 atom stereocenters. The van der Waals surface area contributed by atoms with Crippen LogP contribution in [0.25, 0.3) is 0 Å². The number of aromatic nitrogens is 1. The third-order valence-corrected chi connectivity index (χ3v) is 4.39. The second-order valence-electron chi connectivity index (χ2n) is 4.17. The molecule has 1 aromatic carbocycles. The molecule has 0 radical (unpaired) electrons. The minimum absolute atomic E-state index is 0.0985. The average molecular weight is 318 g/mol. The molecule has 7 heteroatoms. The number of thiazole rings is 1. The molecule has 0 aliphatic heterocycles. The maximum absolute atomic E-state index is 12.3. The highest BCUT2D eigenvalue weighted by atomic mass is 32.2. The Morgan fingerprint density at radius 1 is 1.25 bits per heavy atom. The van der Waals surface area contributed by atoms with Gasteiger partial charge < -0.3 is 5.32 Å². The molecule has 1 N–H and O–H groups in total. The van der Waals surface area contributed by atoms with E-state index in [2.05, 4.69) is 10.3 Å². The van der Waals surface area contributed by atoms with Gasteiger partial charge in [-0.3, -0.25) is 0 Å². The average Bonchev–Trinajstić information content (AvgIpc) is 2.77. The highest BCUT2D eigenvalue weighted by Crippen LogP contribution is 2.37. The van der Waals surface area contributed by atoms with Crippen molar-refractivity contribution in [3.8, 4) is 0 Å². The maximum Gasteiger partial charge on any atom is 0.446 e. The summed E-state index contributed by atoms with van der Waals surface area (Å²) in [6, 6.07) is 6.27. The van der Waals surface area contributed by atoms with Crippen molar-refractivity contribution < 1.29 is 13.2 Å². The molecule has 2 aromatic rings. The highest BCUT2D eigenvalue weighted by Gasteiger charge is 2.29. The lowest BCUT2D eigenvalue weighted by Gasteiger charge is -2.14. The monoisotopic (exact) mass is 318 g/mol. The normalized spacial score (nSPS) is 13.4. The molecule has 0 spiro atoms. The van der Waals surface area contributed by atoms with Crippen molar-refractivity contribution in [2.75, 3.05) is 7.05 Å². The fourth-order valence-electron chi connectivity index (χ4n) is 1.80. The molecule has 2 rings (SSSR count). The van der Waals surface area contributed by atoms with Crippen LogP contribution in [-0.2, 0) is 0 Å². The molecule has 0 saturated carbocycles. The van der Waals surface area contributed by atoms with Gasteiger partial charge in [-0.2, -0.15) is 13.2 Å². The Morgan fingerprint density at radius 2 is 1.90 bits per heavy atom. The molecule has 1 unspecified atom stereocenters. The molecule has 0 fully saturated rings. The van der Waals surface area contributed by atoms with Gasteiger partial charge in [0.2, 0.25) is 0 Å².